The highest BCUT2D eigenvalue weighted by Crippen LogP contribution is 2.40. The van der Waals surface area contributed by atoms with Gasteiger partial charge in [-0.25, -0.2) is 0 Å². The highest BCUT2D eigenvalue weighted by atomic mass is 14.2. The Balaban J connectivity index is 1.98. The molecule has 0 radical (unpaired) electrons. The van der Waals surface area contributed by atoms with E-state index < -0.39 is 0 Å². The van der Waals surface area contributed by atoms with Crippen LogP contribution < -0.4 is 0 Å². The smallest absolute Gasteiger partial charge is 0.00204 e. The molecule has 0 N–H and O–H groups in total. The first-order valence-corrected chi connectivity index (χ1v) is 8.97. The number of fused-ring (bicyclic) bond motifs is 3. The fraction of sp³-hybridized carbons (Fsp3) is 0. The van der Waals surface area contributed by atoms with Gasteiger partial charge in [-0.15, -0.1) is 0 Å². The predicted molar refractivity (Wildman–Crippen MR) is 112 cm³/mol. The molecule has 26 heavy (non-hydrogen) atoms. The molecule has 0 aliphatic carbocycles. The van der Waals surface area contributed by atoms with Crippen molar-refractivity contribution >= 4 is 21.5 Å². The molecule has 0 nitrogen and oxygen atoms in total. The van der Waals surface area contributed by atoms with Crippen molar-refractivity contribution in [2.24, 2.45) is 0 Å². The van der Waals surface area contributed by atoms with Crippen LogP contribution in [0.25, 0.3) is 43.8 Å². The summed E-state index contributed by atoms with van der Waals surface area (Å²) in [4.78, 5) is 0. The fourth-order valence-electron chi connectivity index (χ4n) is 3.87. The lowest BCUT2D eigenvalue weighted by Gasteiger charge is -2.15. The third-order valence-electron chi connectivity index (χ3n) is 5.05. The molecule has 0 atom stereocenters. The van der Waals surface area contributed by atoms with E-state index in [1.807, 2.05) is 0 Å². The van der Waals surface area contributed by atoms with E-state index in [-0.39, 0.29) is 0 Å². The zero-order chi connectivity index (χ0) is 17.3. The summed E-state index contributed by atoms with van der Waals surface area (Å²) in [5.74, 6) is 0. The van der Waals surface area contributed by atoms with Crippen molar-refractivity contribution in [1.82, 2.24) is 0 Å². The summed E-state index contributed by atoms with van der Waals surface area (Å²) in [5, 5.41) is 5.22. The molecule has 5 aromatic rings. The van der Waals surface area contributed by atoms with Crippen LogP contribution in [0.1, 0.15) is 0 Å². The van der Waals surface area contributed by atoms with Gasteiger partial charge in [-0.1, -0.05) is 103 Å². The standard InChI is InChI=1S/C26H18/c1-3-10-19(11-4-1)23-16-9-17-24-22-15-8-7-14-21(22)18-25(26(23)24)20-12-5-2-6-13-20/h1-18H. The lowest BCUT2D eigenvalue weighted by Crippen LogP contribution is -1.88. The van der Waals surface area contributed by atoms with Crippen LogP contribution in [0.3, 0.4) is 0 Å². The van der Waals surface area contributed by atoms with Crippen molar-refractivity contribution in [2.45, 2.75) is 0 Å². The van der Waals surface area contributed by atoms with Crippen molar-refractivity contribution < 1.29 is 0 Å². The van der Waals surface area contributed by atoms with E-state index in [2.05, 4.69) is 109 Å². The summed E-state index contributed by atoms with van der Waals surface area (Å²) < 4.78 is 0. The van der Waals surface area contributed by atoms with E-state index in [0.29, 0.717) is 0 Å². The summed E-state index contributed by atoms with van der Waals surface area (Å²) in [6, 6.07) is 39.0. The Morgan fingerprint density at radius 2 is 0.962 bits per heavy atom. The van der Waals surface area contributed by atoms with Crippen LogP contribution in [0.15, 0.2) is 109 Å². The first kappa shape index (κ1) is 14.9. The van der Waals surface area contributed by atoms with Crippen LogP contribution >= 0.6 is 0 Å². The van der Waals surface area contributed by atoms with E-state index in [1.54, 1.807) is 0 Å². The van der Waals surface area contributed by atoms with Crippen LogP contribution in [0.2, 0.25) is 0 Å². The summed E-state index contributed by atoms with van der Waals surface area (Å²) in [7, 11) is 0. The van der Waals surface area contributed by atoms with Crippen LogP contribution in [0, 0.1) is 0 Å². The molecule has 0 saturated carbocycles. The molecule has 0 heteroatoms. The molecule has 0 unspecified atom stereocenters. The second-order valence-electron chi connectivity index (χ2n) is 6.61. The van der Waals surface area contributed by atoms with Crippen LogP contribution in [-0.2, 0) is 0 Å². The van der Waals surface area contributed by atoms with E-state index in [9.17, 15) is 0 Å². The molecule has 0 heterocycles. The van der Waals surface area contributed by atoms with Crippen molar-refractivity contribution in [3.63, 3.8) is 0 Å². The molecule has 0 spiro atoms. The predicted octanol–water partition coefficient (Wildman–Crippen LogP) is 7.33. The largest absolute Gasteiger partial charge is 0.0622 e. The van der Waals surface area contributed by atoms with Gasteiger partial charge in [-0.05, 0) is 49.9 Å². The topological polar surface area (TPSA) is 0 Å². The second-order valence-corrected chi connectivity index (χ2v) is 6.61. The third-order valence-corrected chi connectivity index (χ3v) is 5.05. The molecule has 0 amide bonds. The Morgan fingerprint density at radius 1 is 0.385 bits per heavy atom. The minimum absolute atomic E-state index is 1.26. The quantitative estimate of drug-likeness (QED) is 0.297. The van der Waals surface area contributed by atoms with E-state index >= 15 is 0 Å². The summed E-state index contributed by atoms with van der Waals surface area (Å²) in [5.41, 5.74) is 5.09. The maximum absolute atomic E-state index is 2.33. The van der Waals surface area contributed by atoms with Gasteiger partial charge in [0.2, 0.25) is 0 Å². The number of benzene rings is 5. The van der Waals surface area contributed by atoms with Crippen molar-refractivity contribution in [1.29, 1.82) is 0 Å². The number of rotatable bonds is 2. The molecule has 5 aromatic carbocycles. The highest BCUT2D eigenvalue weighted by molar-refractivity contribution is 6.18. The SMILES string of the molecule is c1ccc(-c2cccc3c2c(-c2ccccc2)cc2ccccc23)cc1. The van der Waals surface area contributed by atoms with Gasteiger partial charge < -0.3 is 0 Å². The maximum atomic E-state index is 2.33. The zero-order valence-corrected chi connectivity index (χ0v) is 14.4. The first-order chi connectivity index (χ1) is 12.9. The molecule has 122 valence electrons. The van der Waals surface area contributed by atoms with E-state index in [4.69, 9.17) is 0 Å². The van der Waals surface area contributed by atoms with E-state index in [0.717, 1.165) is 0 Å². The van der Waals surface area contributed by atoms with Gasteiger partial charge in [-0.2, -0.15) is 0 Å². The van der Waals surface area contributed by atoms with Gasteiger partial charge in [0.1, 0.15) is 0 Å². The zero-order valence-electron chi connectivity index (χ0n) is 14.4. The molecule has 0 bridgehead atoms. The minimum atomic E-state index is 1.26. The minimum Gasteiger partial charge on any atom is -0.0622 e. The summed E-state index contributed by atoms with van der Waals surface area (Å²) >= 11 is 0. The first-order valence-electron chi connectivity index (χ1n) is 8.97. The van der Waals surface area contributed by atoms with Crippen LogP contribution in [-0.4, -0.2) is 0 Å². The van der Waals surface area contributed by atoms with Gasteiger partial charge >= 0.3 is 0 Å². The van der Waals surface area contributed by atoms with Gasteiger partial charge in [0, 0.05) is 0 Å². The Hall–Kier alpha value is -3.38. The van der Waals surface area contributed by atoms with Crippen LogP contribution in [0.5, 0.6) is 0 Å². The molecule has 5 rings (SSSR count). The second kappa shape index (κ2) is 6.16. The van der Waals surface area contributed by atoms with Gasteiger partial charge in [0.25, 0.3) is 0 Å². The molecule has 0 aliphatic heterocycles. The average molecular weight is 330 g/mol. The molecular weight excluding hydrogens is 312 g/mol. The van der Waals surface area contributed by atoms with Crippen molar-refractivity contribution in [2.75, 3.05) is 0 Å². The van der Waals surface area contributed by atoms with Crippen molar-refractivity contribution in [3.05, 3.63) is 109 Å². The van der Waals surface area contributed by atoms with E-state index in [1.165, 1.54) is 43.8 Å². The highest BCUT2D eigenvalue weighted by Gasteiger charge is 2.12. The number of hydrogen-bond donors (Lipinski definition) is 0. The van der Waals surface area contributed by atoms with Crippen molar-refractivity contribution in [3.8, 4) is 22.3 Å². The Labute approximate surface area is 153 Å². The molecule has 0 saturated heterocycles. The van der Waals surface area contributed by atoms with Gasteiger partial charge in [0.05, 0.1) is 0 Å². The monoisotopic (exact) mass is 330 g/mol. The van der Waals surface area contributed by atoms with Gasteiger partial charge in [-0.3, -0.25) is 0 Å². The Bertz CT molecular complexity index is 1200. The third kappa shape index (κ3) is 2.39. The fourth-order valence-corrected chi connectivity index (χ4v) is 3.87. The normalized spacial score (nSPS) is 11.1. The molecule has 0 aliphatic rings. The molecule has 0 fully saturated rings. The summed E-state index contributed by atoms with van der Waals surface area (Å²) in [6.07, 6.45) is 0. The molecular formula is C26H18. The Kier molecular flexibility index (Phi) is 3.54. The molecule has 0 aromatic heterocycles. The lowest BCUT2D eigenvalue weighted by molar-refractivity contribution is 1.64. The summed E-state index contributed by atoms with van der Waals surface area (Å²) in [6.45, 7) is 0. The Morgan fingerprint density at radius 3 is 1.69 bits per heavy atom. The van der Waals surface area contributed by atoms with Crippen LogP contribution in [0.4, 0.5) is 0 Å². The maximum Gasteiger partial charge on any atom is -0.00204 e. The number of hydrogen-bond acceptors (Lipinski definition) is 0. The van der Waals surface area contributed by atoms with Gasteiger partial charge in [0.15, 0.2) is 0 Å². The average Bonchev–Trinajstić information content (AvgIpc) is 2.74. The lowest BCUT2D eigenvalue weighted by atomic mass is 9.88.